The van der Waals surface area contributed by atoms with Crippen molar-refractivity contribution in [1.29, 1.82) is 5.26 Å². The summed E-state index contributed by atoms with van der Waals surface area (Å²) in [7, 11) is 3.24. The first kappa shape index (κ1) is 15.6. The summed E-state index contributed by atoms with van der Waals surface area (Å²) in [6.07, 6.45) is 0. The quantitative estimate of drug-likeness (QED) is 0.820. The highest BCUT2D eigenvalue weighted by molar-refractivity contribution is 5.46. The Kier molecular flexibility index (Phi) is 5.21. The average molecular weight is 297 g/mol. The molecule has 0 spiro atoms. The second-order valence-corrected chi connectivity index (χ2v) is 4.70. The molecular formula is C17H19N3O2. The molecule has 2 rings (SSSR count). The Bertz CT molecular complexity index is 680. The molecule has 0 saturated heterocycles. The van der Waals surface area contributed by atoms with Crippen molar-refractivity contribution in [1.82, 2.24) is 4.98 Å². The van der Waals surface area contributed by atoms with Crippen molar-refractivity contribution in [2.24, 2.45) is 0 Å². The minimum atomic E-state index is 0.420. The number of rotatable bonds is 6. The monoisotopic (exact) mass is 297 g/mol. The zero-order valence-corrected chi connectivity index (χ0v) is 13.0. The van der Waals surface area contributed by atoms with E-state index in [2.05, 4.69) is 22.9 Å². The van der Waals surface area contributed by atoms with Crippen LogP contribution < -0.4 is 14.4 Å². The van der Waals surface area contributed by atoms with Crippen molar-refractivity contribution in [2.75, 3.05) is 25.7 Å². The Labute approximate surface area is 130 Å². The van der Waals surface area contributed by atoms with Crippen LogP contribution >= 0.6 is 0 Å². The number of hydrogen-bond donors (Lipinski definition) is 0. The molecule has 22 heavy (non-hydrogen) atoms. The van der Waals surface area contributed by atoms with Crippen LogP contribution in [0, 0.1) is 11.3 Å². The van der Waals surface area contributed by atoms with Crippen LogP contribution in [-0.4, -0.2) is 25.7 Å². The molecule has 0 saturated carbocycles. The Balaban J connectivity index is 2.25. The molecular weight excluding hydrogens is 278 g/mol. The van der Waals surface area contributed by atoms with E-state index < -0.39 is 0 Å². The molecule has 0 bridgehead atoms. The minimum Gasteiger partial charge on any atom is -0.493 e. The van der Waals surface area contributed by atoms with Crippen molar-refractivity contribution >= 4 is 5.82 Å². The molecule has 0 aliphatic heterocycles. The summed E-state index contributed by atoms with van der Waals surface area (Å²) in [5.41, 5.74) is 1.51. The number of hydrogen-bond acceptors (Lipinski definition) is 5. The van der Waals surface area contributed by atoms with Gasteiger partial charge in [-0.25, -0.2) is 4.98 Å². The normalized spacial score (nSPS) is 9.91. The smallest absolute Gasteiger partial charge is 0.161 e. The van der Waals surface area contributed by atoms with E-state index in [1.807, 2.05) is 30.3 Å². The predicted molar refractivity (Wildman–Crippen MR) is 85.2 cm³/mol. The second kappa shape index (κ2) is 7.32. The van der Waals surface area contributed by atoms with Crippen molar-refractivity contribution in [2.45, 2.75) is 13.5 Å². The Morgan fingerprint density at radius 1 is 1.14 bits per heavy atom. The largest absolute Gasteiger partial charge is 0.493 e. The zero-order chi connectivity index (χ0) is 15.9. The first-order chi connectivity index (χ1) is 10.7. The van der Waals surface area contributed by atoms with Crippen molar-refractivity contribution in [3.8, 4) is 17.6 Å². The van der Waals surface area contributed by atoms with Crippen LogP contribution in [0.5, 0.6) is 11.5 Å². The molecule has 0 N–H and O–H groups in total. The van der Waals surface area contributed by atoms with Gasteiger partial charge >= 0.3 is 0 Å². The molecule has 0 radical (unpaired) electrons. The van der Waals surface area contributed by atoms with Gasteiger partial charge in [-0.3, -0.25) is 0 Å². The number of benzene rings is 1. The third-order valence-corrected chi connectivity index (χ3v) is 3.38. The number of ether oxygens (including phenoxy) is 2. The van der Waals surface area contributed by atoms with Crippen LogP contribution in [0.4, 0.5) is 5.82 Å². The molecule has 5 nitrogen and oxygen atoms in total. The lowest BCUT2D eigenvalue weighted by molar-refractivity contribution is 0.354. The standard InChI is InChI=1S/C17H19N3O2/c1-4-20(17-7-5-6-14(11-18)19-17)12-13-8-9-15(21-2)16(10-13)22-3/h5-10H,4,12H2,1-3H3. The number of nitriles is 1. The van der Waals surface area contributed by atoms with E-state index in [1.165, 1.54) is 0 Å². The number of methoxy groups -OCH3 is 2. The van der Waals surface area contributed by atoms with Gasteiger partial charge in [-0.15, -0.1) is 0 Å². The first-order valence-corrected chi connectivity index (χ1v) is 7.04. The maximum Gasteiger partial charge on any atom is 0.161 e. The van der Waals surface area contributed by atoms with E-state index in [9.17, 15) is 0 Å². The minimum absolute atomic E-state index is 0.420. The highest BCUT2D eigenvalue weighted by Crippen LogP contribution is 2.28. The molecule has 0 amide bonds. The summed E-state index contributed by atoms with van der Waals surface area (Å²) in [6, 6.07) is 13.4. The summed E-state index contributed by atoms with van der Waals surface area (Å²) in [4.78, 5) is 6.44. The lowest BCUT2D eigenvalue weighted by Gasteiger charge is -2.22. The molecule has 5 heteroatoms. The van der Waals surface area contributed by atoms with Crippen LogP contribution in [0.3, 0.4) is 0 Å². The Morgan fingerprint density at radius 3 is 2.55 bits per heavy atom. The number of aromatic nitrogens is 1. The summed E-state index contributed by atoms with van der Waals surface area (Å²) >= 11 is 0. The summed E-state index contributed by atoms with van der Waals surface area (Å²) in [6.45, 7) is 3.52. The van der Waals surface area contributed by atoms with E-state index >= 15 is 0 Å². The van der Waals surface area contributed by atoms with Gasteiger partial charge in [-0.2, -0.15) is 5.26 Å². The molecule has 0 atom stereocenters. The van der Waals surface area contributed by atoms with E-state index in [4.69, 9.17) is 14.7 Å². The Hall–Kier alpha value is -2.74. The maximum atomic E-state index is 8.97. The van der Waals surface area contributed by atoms with Gasteiger partial charge in [0.25, 0.3) is 0 Å². The fourth-order valence-corrected chi connectivity index (χ4v) is 2.22. The second-order valence-electron chi connectivity index (χ2n) is 4.70. The molecule has 1 heterocycles. The van der Waals surface area contributed by atoms with E-state index in [0.717, 1.165) is 17.9 Å². The predicted octanol–water partition coefficient (Wildman–Crippen LogP) is 3.00. The summed E-state index contributed by atoms with van der Waals surface area (Å²) in [5, 5.41) is 8.97. The summed E-state index contributed by atoms with van der Waals surface area (Å²) in [5.74, 6) is 2.20. The van der Waals surface area contributed by atoms with Gasteiger partial charge in [0.2, 0.25) is 0 Å². The SMILES string of the molecule is CCN(Cc1ccc(OC)c(OC)c1)c1cccc(C#N)n1. The van der Waals surface area contributed by atoms with Crippen LogP contribution in [0.2, 0.25) is 0 Å². The molecule has 0 aliphatic carbocycles. The molecule has 0 aliphatic rings. The van der Waals surface area contributed by atoms with Gasteiger partial charge in [-0.05, 0) is 36.8 Å². The van der Waals surface area contributed by atoms with Crippen molar-refractivity contribution in [3.05, 3.63) is 47.7 Å². The van der Waals surface area contributed by atoms with Crippen molar-refractivity contribution < 1.29 is 9.47 Å². The van der Waals surface area contributed by atoms with Crippen LogP contribution in [0.1, 0.15) is 18.2 Å². The third-order valence-electron chi connectivity index (χ3n) is 3.38. The highest BCUT2D eigenvalue weighted by atomic mass is 16.5. The number of anilines is 1. The third kappa shape index (κ3) is 3.47. The lowest BCUT2D eigenvalue weighted by atomic mass is 10.2. The molecule has 0 unspecified atom stereocenters. The highest BCUT2D eigenvalue weighted by Gasteiger charge is 2.10. The van der Waals surface area contributed by atoms with Gasteiger partial charge in [0.05, 0.1) is 14.2 Å². The van der Waals surface area contributed by atoms with Gasteiger partial charge in [-0.1, -0.05) is 12.1 Å². The first-order valence-electron chi connectivity index (χ1n) is 7.04. The van der Waals surface area contributed by atoms with Gasteiger partial charge in [0.1, 0.15) is 17.6 Å². The van der Waals surface area contributed by atoms with E-state index in [0.29, 0.717) is 23.7 Å². The lowest BCUT2D eigenvalue weighted by Crippen LogP contribution is -2.23. The van der Waals surface area contributed by atoms with Crippen molar-refractivity contribution in [3.63, 3.8) is 0 Å². The fourth-order valence-electron chi connectivity index (χ4n) is 2.22. The maximum absolute atomic E-state index is 8.97. The topological polar surface area (TPSA) is 58.4 Å². The average Bonchev–Trinajstić information content (AvgIpc) is 2.59. The molecule has 0 fully saturated rings. The van der Waals surface area contributed by atoms with Gasteiger partial charge in [0.15, 0.2) is 11.5 Å². The summed E-state index contributed by atoms with van der Waals surface area (Å²) < 4.78 is 10.6. The van der Waals surface area contributed by atoms with E-state index in [1.54, 1.807) is 20.3 Å². The fraction of sp³-hybridized carbons (Fsp3) is 0.294. The van der Waals surface area contributed by atoms with Crippen LogP contribution in [0.15, 0.2) is 36.4 Å². The van der Waals surface area contributed by atoms with E-state index in [-0.39, 0.29) is 0 Å². The molecule has 114 valence electrons. The van der Waals surface area contributed by atoms with Crippen LogP contribution in [0.25, 0.3) is 0 Å². The van der Waals surface area contributed by atoms with Crippen LogP contribution in [-0.2, 0) is 6.54 Å². The Morgan fingerprint density at radius 2 is 1.91 bits per heavy atom. The zero-order valence-electron chi connectivity index (χ0n) is 13.0. The number of nitrogens with zero attached hydrogens (tertiary/aromatic N) is 3. The molecule has 1 aromatic heterocycles. The molecule has 2 aromatic rings. The van der Waals surface area contributed by atoms with Gasteiger partial charge in [0, 0.05) is 13.1 Å². The number of pyridine rings is 1. The van der Waals surface area contributed by atoms with Gasteiger partial charge < -0.3 is 14.4 Å². The molecule has 1 aromatic carbocycles.